The van der Waals surface area contributed by atoms with Crippen molar-refractivity contribution in [3.63, 3.8) is 0 Å². The maximum absolute atomic E-state index is 14.4. The molecule has 0 saturated carbocycles. The van der Waals surface area contributed by atoms with E-state index in [0.717, 1.165) is 5.56 Å². The first-order chi connectivity index (χ1) is 19.4. The van der Waals surface area contributed by atoms with Gasteiger partial charge in [0.2, 0.25) is 11.6 Å². The van der Waals surface area contributed by atoms with Gasteiger partial charge >= 0.3 is 0 Å². The van der Waals surface area contributed by atoms with Crippen molar-refractivity contribution in [2.75, 3.05) is 0 Å². The second-order valence-electron chi connectivity index (χ2n) is 9.09. The van der Waals surface area contributed by atoms with Crippen molar-refractivity contribution in [3.8, 4) is 28.1 Å². The highest BCUT2D eigenvalue weighted by atomic mass is 35.5. The number of hydrogen-bond acceptors (Lipinski definition) is 7. The number of nitrogens with zero attached hydrogens (tertiary/aromatic N) is 6. The highest BCUT2D eigenvalue weighted by molar-refractivity contribution is 6.31. The van der Waals surface area contributed by atoms with Gasteiger partial charge in [0.1, 0.15) is 5.69 Å². The largest absolute Gasteiger partial charge is 0.335 e. The van der Waals surface area contributed by atoms with Crippen LogP contribution in [0.4, 0.5) is 0 Å². The van der Waals surface area contributed by atoms with Crippen LogP contribution < -0.4 is 5.56 Å². The molecule has 194 valence electrons. The molecule has 0 N–H and O–H groups in total. The molecule has 0 fully saturated rings. The molecule has 7 rings (SSSR count). The average Bonchev–Trinajstić information content (AvgIpc) is 3.56. The smallest absolute Gasteiger partial charge is 0.271 e. The zero-order valence-electron chi connectivity index (χ0n) is 20.7. The Morgan fingerprint density at radius 2 is 1.50 bits per heavy atom. The summed E-state index contributed by atoms with van der Waals surface area (Å²) in [6, 6.07) is 23.3. The third-order valence-electron chi connectivity index (χ3n) is 6.59. The number of benzene rings is 3. The van der Waals surface area contributed by atoms with Crippen LogP contribution in [0.25, 0.3) is 56.0 Å². The molecule has 40 heavy (non-hydrogen) atoms. The van der Waals surface area contributed by atoms with Crippen LogP contribution in [-0.4, -0.2) is 35.1 Å². The third-order valence-corrected chi connectivity index (χ3v) is 7.09. The number of ketones is 1. The number of Topliss-reactive ketones (excluding diaryl/α,β-unsaturated/α-hetero) is 1. The van der Waals surface area contributed by atoms with Gasteiger partial charge in [-0.05, 0) is 42.0 Å². The molecular weight excluding hydrogens is 551 g/mol. The molecule has 0 aliphatic heterocycles. The van der Waals surface area contributed by atoms with E-state index in [0.29, 0.717) is 37.9 Å². The Hall–Kier alpha value is -4.86. The maximum Gasteiger partial charge on any atom is 0.271 e. The van der Waals surface area contributed by atoms with Gasteiger partial charge in [0, 0.05) is 28.1 Å². The highest BCUT2D eigenvalue weighted by Gasteiger charge is 2.27. The summed E-state index contributed by atoms with van der Waals surface area (Å²) in [5.74, 6) is -0.361. The Bertz CT molecular complexity index is 2170. The number of hydrogen-bond donors (Lipinski definition) is 0. The molecule has 9 nitrogen and oxygen atoms in total. The Kier molecular flexibility index (Phi) is 5.51. The second-order valence-corrected chi connectivity index (χ2v) is 9.96. The van der Waals surface area contributed by atoms with E-state index >= 15 is 0 Å². The summed E-state index contributed by atoms with van der Waals surface area (Å²) in [7, 11) is 0. The van der Waals surface area contributed by atoms with E-state index in [1.807, 2.05) is 30.3 Å². The molecule has 0 unspecified atom stereocenters. The molecule has 0 atom stereocenters. The minimum atomic E-state index is -0.509. The normalized spacial score (nSPS) is 11.6. The van der Waals surface area contributed by atoms with Crippen LogP contribution in [0.2, 0.25) is 10.0 Å². The fourth-order valence-electron chi connectivity index (χ4n) is 4.80. The van der Waals surface area contributed by atoms with Gasteiger partial charge in [-0.2, -0.15) is 14.6 Å². The van der Waals surface area contributed by atoms with Gasteiger partial charge in [-0.15, -0.1) is 5.10 Å². The zero-order valence-corrected chi connectivity index (χ0v) is 22.2. The molecule has 0 aliphatic carbocycles. The molecule has 0 amide bonds. The Balaban J connectivity index is 1.67. The van der Waals surface area contributed by atoms with Gasteiger partial charge in [0.05, 0.1) is 16.5 Å². The molecule has 4 aromatic heterocycles. The van der Waals surface area contributed by atoms with Crippen molar-refractivity contribution in [2.45, 2.75) is 6.92 Å². The summed E-state index contributed by atoms with van der Waals surface area (Å²) in [6.07, 6.45) is 0. The number of aromatic nitrogens is 6. The van der Waals surface area contributed by atoms with Crippen LogP contribution in [0.1, 0.15) is 17.5 Å². The highest BCUT2D eigenvalue weighted by Crippen LogP contribution is 2.39. The fourth-order valence-corrected chi connectivity index (χ4v) is 5.05. The van der Waals surface area contributed by atoms with E-state index in [1.165, 1.54) is 16.0 Å². The summed E-state index contributed by atoms with van der Waals surface area (Å²) >= 11 is 12.3. The average molecular weight is 567 g/mol. The minimum absolute atomic E-state index is 0.0693. The first-order valence-corrected chi connectivity index (χ1v) is 12.9. The summed E-state index contributed by atoms with van der Waals surface area (Å²) in [6.45, 7) is 1.35. The Morgan fingerprint density at radius 1 is 0.825 bits per heavy atom. The topological polar surface area (TPSA) is 108 Å². The van der Waals surface area contributed by atoms with E-state index in [9.17, 15) is 9.59 Å². The van der Waals surface area contributed by atoms with Crippen LogP contribution in [0, 0.1) is 0 Å². The quantitative estimate of drug-likeness (QED) is 0.226. The van der Waals surface area contributed by atoms with E-state index in [4.69, 9.17) is 32.7 Å². The van der Waals surface area contributed by atoms with Crippen LogP contribution >= 0.6 is 23.2 Å². The van der Waals surface area contributed by atoms with Crippen LogP contribution in [0.15, 0.2) is 88.2 Å². The molecule has 0 saturated heterocycles. The van der Waals surface area contributed by atoms with E-state index < -0.39 is 11.3 Å². The van der Waals surface area contributed by atoms with Crippen molar-refractivity contribution in [1.29, 1.82) is 0 Å². The van der Waals surface area contributed by atoms with Gasteiger partial charge in [-0.25, -0.2) is 4.40 Å². The van der Waals surface area contributed by atoms with Crippen molar-refractivity contribution in [3.05, 3.63) is 105 Å². The van der Waals surface area contributed by atoms with E-state index in [-0.39, 0.29) is 28.3 Å². The number of rotatable bonds is 4. The van der Waals surface area contributed by atoms with Gasteiger partial charge in [-0.3, -0.25) is 9.59 Å². The Morgan fingerprint density at radius 3 is 2.17 bits per heavy atom. The summed E-state index contributed by atoms with van der Waals surface area (Å²) in [5.41, 5.74) is 2.86. The standard InChI is InChI=1S/C29H16Cl2N6O3/c1-15(38)26-34-37(20-13-11-19(31)12-14-20)29-33-25-23(28(39)36(26)29)21(16-7-9-18(30)10-8-16)22-24(35-40-27(22)32-25)17-5-3-2-4-6-17/h2-14H,1H3. The van der Waals surface area contributed by atoms with Crippen molar-refractivity contribution >= 4 is 56.9 Å². The summed E-state index contributed by atoms with van der Waals surface area (Å²) < 4.78 is 8.32. The number of carbonyl (C=O) groups is 1. The number of halogens is 2. The van der Waals surface area contributed by atoms with Gasteiger partial charge in [0.25, 0.3) is 11.3 Å². The lowest BCUT2D eigenvalue weighted by Gasteiger charge is -2.10. The molecule has 0 radical (unpaired) electrons. The van der Waals surface area contributed by atoms with E-state index in [1.54, 1.807) is 48.5 Å². The van der Waals surface area contributed by atoms with Crippen molar-refractivity contribution < 1.29 is 9.32 Å². The molecule has 0 bridgehead atoms. The molecule has 11 heteroatoms. The number of carbonyl (C=O) groups excluding carboxylic acids is 1. The lowest BCUT2D eigenvalue weighted by molar-refractivity contribution is 0.100. The fraction of sp³-hybridized carbons (Fsp3) is 0.0345. The predicted octanol–water partition coefficient (Wildman–Crippen LogP) is 6.41. The zero-order chi connectivity index (χ0) is 27.5. The molecule has 0 spiro atoms. The second kappa shape index (κ2) is 9.11. The molecule has 4 heterocycles. The van der Waals surface area contributed by atoms with E-state index in [2.05, 4.69) is 15.2 Å². The molecule has 0 aliphatic rings. The first-order valence-electron chi connectivity index (χ1n) is 12.1. The lowest BCUT2D eigenvalue weighted by Crippen LogP contribution is -2.20. The SMILES string of the molecule is CC(=O)c1nn(-c2ccc(Cl)cc2)c2nc3nc4onc(-c5ccccc5)c4c(-c4ccc(Cl)cc4)c3c(=O)n12. The van der Waals surface area contributed by atoms with Gasteiger partial charge in [-0.1, -0.05) is 70.8 Å². The predicted molar refractivity (Wildman–Crippen MR) is 152 cm³/mol. The minimum Gasteiger partial charge on any atom is -0.335 e. The van der Waals surface area contributed by atoms with Gasteiger partial charge in [0.15, 0.2) is 11.4 Å². The van der Waals surface area contributed by atoms with Crippen molar-refractivity contribution in [2.24, 2.45) is 0 Å². The van der Waals surface area contributed by atoms with Crippen LogP contribution in [0.5, 0.6) is 0 Å². The third kappa shape index (κ3) is 3.70. The van der Waals surface area contributed by atoms with Crippen molar-refractivity contribution in [1.82, 2.24) is 29.3 Å². The summed E-state index contributed by atoms with van der Waals surface area (Å²) in [5, 5.41) is 10.6. The number of pyridine rings is 1. The van der Waals surface area contributed by atoms with Crippen LogP contribution in [-0.2, 0) is 0 Å². The molecule has 7 aromatic rings. The van der Waals surface area contributed by atoms with Gasteiger partial charge < -0.3 is 4.52 Å². The summed E-state index contributed by atoms with van der Waals surface area (Å²) in [4.78, 5) is 36.4. The molecular formula is C29H16Cl2N6O3. The monoisotopic (exact) mass is 566 g/mol. The lowest BCUT2D eigenvalue weighted by atomic mass is 9.97. The maximum atomic E-state index is 14.4. The first kappa shape index (κ1) is 24.2. The Labute approximate surface area is 235 Å². The number of fused-ring (bicyclic) bond motifs is 3. The van der Waals surface area contributed by atoms with Crippen LogP contribution in [0.3, 0.4) is 0 Å². The molecule has 3 aromatic carbocycles.